The summed E-state index contributed by atoms with van der Waals surface area (Å²) in [6, 6.07) is 8.07. The molecule has 3 heterocycles. The van der Waals surface area contributed by atoms with Crippen molar-refractivity contribution >= 4 is 23.4 Å². The van der Waals surface area contributed by atoms with Crippen LogP contribution in [-0.4, -0.2) is 81.7 Å². The van der Waals surface area contributed by atoms with Gasteiger partial charge < -0.3 is 24.5 Å². The van der Waals surface area contributed by atoms with Crippen molar-refractivity contribution in [3.8, 4) is 0 Å². The van der Waals surface area contributed by atoms with Crippen LogP contribution in [0.1, 0.15) is 71.6 Å². The number of hydrogen-bond donors (Lipinski definition) is 1. The lowest BCUT2D eigenvalue weighted by molar-refractivity contribution is -0.157. The number of nitrogens with zero attached hydrogens (tertiary/aromatic N) is 3. The molecule has 42 heavy (non-hydrogen) atoms. The molecule has 1 N–H and O–H groups in total. The van der Waals surface area contributed by atoms with Crippen molar-refractivity contribution in [1.82, 2.24) is 9.80 Å². The minimum absolute atomic E-state index is 0.0724. The zero-order chi connectivity index (χ0) is 30.1. The number of fused-ring (bicyclic) bond motifs is 1. The van der Waals surface area contributed by atoms with Crippen molar-refractivity contribution in [2.45, 2.75) is 101 Å². The molecule has 5 rings (SSSR count). The topological polar surface area (TPSA) is 90.4 Å². The number of anilines is 1. The summed E-state index contributed by atoms with van der Waals surface area (Å²) in [7, 11) is 0. The number of carbonyl (C=O) groups excluding carboxylic acids is 3. The first-order valence-corrected chi connectivity index (χ1v) is 15.9. The molecule has 3 aliphatic heterocycles. The molecular weight excluding hydrogens is 530 g/mol. The van der Waals surface area contributed by atoms with Crippen molar-refractivity contribution < 1.29 is 24.2 Å². The Kier molecular flexibility index (Phi) is 8.95. The molecule has 8 nitrogen and oxygen atoms in total. The van der Waals surface area contributed by atoms with Gasteiger partial charge in [-0.25, -0.2) is 0 Å². The standard InChI is InChI=1S/C34H47N3O5/c1-5-21-35(25-15-11-9-12-16-25)30(39)27-28-31(40)37(24(7-3)23-38)29(34(28)20-19-33(27,8-4)42-34)32(41)36(22-6-2)26-17-13-10-14-18-26/h5-6,9,11-12,15-16,24,26-29,38H,1-2,7-8,10,13-14,17-23H2,3-4H3/t24-,27+,28-,29?,33-,34?/m0/s1. The molecule has 0 radical (unpaired) electrons. The van der Waals surface area contributed by atoms with Crippen molar-refractivity contribution in [2.75, 3.05) is 24.6 Å². The monoisotopic (exact) mass is 577 g/mol. The summed E-state index contributed by atoms with van der Waals surface area (Å²) in [4.78, 5) is 49.3. The molecule has 3 saturated heterocycles. The first-order valence-electron chi connectivity index (χ1n) is 15.9. The van der Waals surface area contributed by atoms with E-state index in [-0.39, 0.29) is 30.4 Å². The highest BCUT2D eigenvalue weighted by atomic mass is 16.5. The van der Waals surface area contributed by atoms with Crippen LogP contribution in [0, 0.1) is 11.8 Å². The summed E-state index contributed by atoms with van der Waals surface area (Å²) in [5.41, 5.74) is -1.24. The fraction of sp³-hybridized carbons (Fsp3) is 0.618. The van der Waals surface area contributed by atoms with Crippen LogP contribution < -0.4 is 4.90 Å². The number of aliphatic hydroxyl groups is 1. The number of amides is 3. The minimum Gasteiger partial charge on any atom is -0.394 e. The first kappa shape index (κ1) is 30.5. The lowest BCUT2D eigenvalue weighted by Gasteiger charge is -2.42. The second-order valence-electron chi connectivity index (χ2n) is 12.5. The van der Waals surface area contributed by atoms with E-state index in [4.69, 9.17) is 4.74 Å². The van der Waals surface area contributed by atoms with Crippen LogP contribution in [-0.2, 0) is 19.1 Å². The van der Waals surface area contributed by atoms with Crippen LogP contribution in [0.15, 0.2) is 55.6 Å². The largest absolute Gasteiger partial charge is 0.394 e. The third-order valence-electron chi connectivity index (χ3n) is 10.5. The number of ether oxygens (including phenoxy) is 1. The van der Waals surface area contributed by atoms with Gasteiger partial charge in [-0.3, -0.25) is 14.4 Å². The average Bonchev–Trinajstić information content (AvgIpc) is 3.63. The van der Waals surface area contributed by atoms with Crippen LogP contribution in [0.3, 0.4) is 0 Å². The van der Waals surface area contributed by atoms with E-state index in [1.807, 2.05) is 49.1 Å². The number of para-hydroxylation sites is 1. The molecule has 228 valence electrons. The molecule has 2 unspecified atom stereocenters. The van der Waals surface area contributed by atoms with Gasteiger partial charge in [0.25, 0.3) is 0 Å². The minimum atomic E-state index is -1.13. The molecule has 2 bridgehead atoms. The molecule has 4 fully saturated rings. The van der Waals surface area contributed by atoms with E-state index in [9.17, 15) is 19.5 Å². The van der Waals surface area contributed by atoms with Gasteiger partial charge in [0, 0.05) is 24.8 Å². The maximum absolute atomic E-state index is 14.8. The van der Waals surface area contributed by atoms with E-state index in [0.29, 0.717) is 38.8 Å². The lowest BCUT2D eigenvalue weighted by atomic mass is 9.64. The number of rotatable bonds is 12. The Balaban J connectivity index is 1.61. The maximum atomic E-state index is 14.8. The van der Waals surface area contributed by atoms with Gasteiger partial charge in [0.2, 0.25) is 17.7 Å². The fourth-order valence-corrected chi connectivity index (χ4v) is 8.45. The number of hydrogen-bond acceptors (Lipinski definition) is 5. The Morgan fingerprint density at radius 2 is 1.76 bits per heavy atom. The van der Waals surface area contributed by atoms with E-state index in [0.717, 1.165) is 37.8 Å². The van der Waals surface area contributed by atoms with Crippen LogP contribution >= 0.6 is 0 Å². The quantitative estimate of drug-likeness (QED) is 0.370. The smallest absolute Gasteiger partial charge is 0.248 e. The maximum Gasteiger partial charge on any atom is 0.248 e. The van der Waals surface area contributed by atoms with Crippen molar-refractivity contribution in [2.24, 2.45) is 11.8 Å². The van der Waals surface area contributed by atoms with Gasteiger partial charge in [-0.1, -0.05) is 63.5 Å². The fourth-order valence-electron chi connectivity index (χ4n) is 8.45. The predicted octanol–water partition coefficient (Wildman–Crippen LogP) is 4.48. The van der Waals surface area contributed by atoms with Gasteiger partial charge in [0.05, 0.1) is 30.1 Å². The Hall–Kier alpha value is -2.97. The molecule has 1 aromatic rings. The third-order valence-corrected chi connectivity index (χ3v) is 10.5. The van der Waals surface area contributed by atoms with Gasteiger partial charge in [0.1, 0.15) is 11.6 Å². The van der Waals surface area contributed by atoms with Crippen LogP contribution in [0.5, 0.6) is 0 Å². The van der Waals surface area contributed by atoms with Gasteiger partial charge in [-0.2, -0.15) is 0 Å². The van der Waals surface area contributed by atoms with Gasteiger partial charge in [0.15, 0.2) is 0 Å². The summed E-state index contributed by atoms with van der Waals surface area (Å²) >= 11 is 0. The molecule has 6 atom stereocenters. The Morgan fingerprint density at radius 3 is 2.36 bits per heavy atom. The Morgan fingerprint density at radius 1 is 1.07 bits per heavy atom. The number of aliphatic hydroxyl groups excluding tert-OH is 1. The lowest BCUT2D eigenvalue weighted by Crippen LogP contribution is -2.60. The van der Waals surface area contributed by atoms with Crippen LogP contribution in [0.25, 0.3) is 0 Å². The average molecular weight is 578 g/mol. The molecule has 3 amide bonds. The zero-order valence-corrected chi connectivity index (χ0v) is 25.2. The molecule has 1 spiro atoms. The van der Waals surface area contributed by atoms with Crippen LogP contribution in [0.2, 0.25) is 0 Å². The van der Waals surface area contributed by atoms with E-state index in [2.05, 4.69) is 13.2 Å². The molecule has 8 heteroatoms. The predicted molar refractivity (Wildman–Crippen MR) is 163 cm³/mol. The summed E-state index contributed by atoms with van der Waals surface area (Å²) in [5, 5.41) is 10.4. The molecular formula is C34H47N3O5. The summed E-state index contributed by atoms with van der Waals surface area (Å²) in [6.07, 6.45) is 10.7. The number of likely N-dealkylation sites (tertiary alicyclic amines) is 1. The van der Waals surface area contributed by atoms with E-state index >= 15 is 0 Å². The van der Waals surface area contributed by atoms with Gasteiger partial charge in [-0.05, 0) is 50.7 Å². The van der Waals surface area contributed by atoms with Gasteiger partial charge >= 0.3 is 0 Å². The van der Waals surface area contributed by atoms with Crippen molar-refractivity contribution in [3.63, 3.8) is 0 Å². The van der Waals surface area contributed by atoms with Crippen LogP contribution in [0.4, 0.5) is 5.69 Å². The molecule has 0 aromatic heterocycles. The summed E-state index contributed by atoms with van der Waals surface area (Å²) < 4.78 is 7.02. The normalized spacial score (nSPS) is 31.1. The van der Waals surface area contributed by atoms with E-state index in [1.54, 1.807) is 22.0 Å². The highest BCUT2D eigenvalue weighted by Gasteiger charge is 2.79. The number of carbonyl (C=O) groups is 3. The van der Waals surface area contributed by atoms with Crippen molar-refractivity contribution in [3.05, 3.63) is 55.6 Å². The first-order chi connectivity index (χ1) is 20.3. The SMILES string of the molecule is C=CCN(C(=O)[C@H]1[C@H]2C(=O)N([C@@H](CC)CO)C(C(=O)N(CC=C)C3CCCCC3)C23CC[C@]1(CC)O3)c1ccccc1. The van der Waals surface area contributed by atoms with Gasteiger partial charge in [-0.15, -0.1) is 13.2 Å². The van der Waals surface area contributed by atoms with E-state index in [1.165, 1.54) is 0 Å². The summed E-state index contributed by atoms with van der Waals surface area (Å²) in [6.45, 7) is 12.2. The second-order valence-corrected chi connectivity index (χ2v) is 12.5. The molecule has 1 aromatic carbocycles. The highest BCUT2D eigenvalue weighted by molar-refractivity contribution is 6.03. The Bertz CT molecular complexity index is 1180. The second kappa shape index (κ2) is 12.3. The zero-order valence-electron chi connectivity index (χ0n) is 25.2. The summed E-state index contributed by atoms with van der Waals surface area (Å²) in [5.74, 6) is -2.13. The Labute approximate surface area is 250 Å². The third kappa shape index (κ3) is 4.71. The highest BCUT2D eigenvalue weighted by Crippen LogP contribution is 2.65. The molecule has 1 saturated carbocycles. The number of benzene rings is 1. The molecule has 1 aliphatic carbocycles. The van der Waals surface area contributed by atoms with Crippen molar-refractivity contribution in [1.29, 1.82) is 0 Å². The molecule has 4 aliphatic rings. The van der Waals surface area contributed by atoms with E-state index < -0.39 is 35.1 Å².